The van der Waals surface area contributed by atoms with Crippen molar-refractivity contribution >= 4 is 11.7 Å². The van der Waals surface area contributed by atoms with Crippen LogP contribution in [-0.2, 0) is 0 Å². The van der Waals surface area contributed by atoms with Gasteiger partial charge in [0.15, 0.2) is 5.76 Å². The molecule has 0 aliphatic carbocycles. The Hall–Kier alpha value is -3.36. The van der Waals surface area contributed by atoms with Crippen LogP contribution in [-0.4, -0.2) is 47.9 Å². The second kappa shape index (κ2) is 6.66. The van der Waals surface area contributed by atoms with Gasteiger partial charge in [-0.15, -0.1) is 15.3 Å². The molecule has 0 amide bonds. The van der Waals surface area contributed by atoms with Crippen LogP contribution in [0.15, 0.2) is 35.1 Å². The molecule has 0 bridgehead atoms. The zero-order chi connectivity index (χ0) is 19.1. The smallest absolute Gasteiger partial charge is 0.272 e. The average molecular weight is 376 g/mol. The standard InChI is InChI=1S/C19H20N8O/c1-12-6-9-26(10-7-12)18-20-8-5-14(21-18)16-13(2)27-19(24-23-16)22-17(25-27)15-4-3-11-28-15/h3-5,8,11-12H,6-7,9-10H2,1-2H3. The van der Waals surface area contributed by atoms with E-state index >= 15 is 0 Å². The van der Waals surface area contributed by atoms with E-state index in [4.69, 9.17) is 9.40 Å². The van der Waals surface area contributed by atoms with Gasteiger partial charge in [0.1, 0.15) is 5.69 Å². The van der Waals surface area contributed by atoms with Gasteiger partial charge in [-0.2, -0.15) is 9.50 Å². The summed E-state index contributed by atoms with van der Waals surface area (Å²) in [6.45, 7) is 6.17. The van der Waals surface area contributed by atoms with E-state index < -0.39 is 0 Å². The van der Waals surface area contributed by atoms with Gasteiger partial charge >= 0.3 is 0 Å². The number of aromatic nitrogens is 7. The Morgan fingerprint density at radius 3 is 2.75 bits per heavy atom. The second-order valence-corrected chi connectivity index (χ2v) is 7.17. The number of fused-ring (bicyclic) bond motifs is 1. The molecule has 0 N–H and O–H groups in total. The van der Waals surface area contributed by atoms with E-state index in [2.05, 4.69) is 37.1 Å². The summed E-state index contributed by atoms with van der Waals surface area (Å²) in [6, 6.07) is 5.46. The summed E-state index contributed by atoms with van der Waals surface area (Å²) in [5.74, 6) is 2.98. The van der Waals surface area contributed by atoms with Crippen LogP contribution < -0.4 is 4.90 Å². The molecule has 9 nitrogen and oxygen atoms in total. The molecule has 1 aliphatic heterocycles. The number of piperidine rings is 1. The Morgan fingerprint density at radius 1 is 1.11 bits per heavy atom. The highest BCUT2D eigenvalue weighted by Crippen LogP contribution is 2.24. The SMILES string of the molecule is Cc1c(-c2ccnc(N3CCC(C)CC3)n2)nnc2nc(-c3ccco3)nn12. The van der Waals surface area contributed by atoms with Gasteiger partial charge in [0.2, 0.25) is 11.8 Å². The third-order valence-corrected chi connectivity index (χ3v) is 5.18. The Bertz CT molecular complexity index is 1110. The maximum atomic E-state index is 5.38. The molecule has 9 heteroatoms. The fraction of sp³-hybridized carbons (Fsp3) is 0.368. The summed E-state index contributed by atoms with van der Waals surface area (Å²) >= 11 is 0. The van der Waals surface area contributed by atoms with Crippen molar-refractivity contribution in [2.75, 3.05) is 18.0 Å². The third-order valence-electron chi connectivity index (χ3n) is 5.18. The molecular weight excluding hydrogens is 356 g/mol. The number of hydrogen-bond acceptors (Lipinski definition) is 8. The largest absolute Gasteiger partial charge is 0.461 e. The van der Waals surface area contributed by atoms with Crippen LogP contribution in [0.1, 0.15) is 25.5 Å². The summed E-state index contributed by atoms with van der Waals surface area (Å²) < 4.78 is 7.05. The summed E-state index contributed by atoms with van der Waals surface area (Å²) in [4.78, 5) is 15.8. The van der Waals surface area contributed by atoms with E-state index in [9.17, 15) is 0 Å². The highest BCUT2D eigenvalue weighted by molar-refractivity contribution is 5.59. The fourth-order valence-corrected chi connectivity index (χ4v) is 3.45. The Labute approximate surface area is 161 Å². The highest BCUT2D eigenvalue weighted by Gasteiger charge is 2.20. The molecule has 5 rings (SSSR count). The fourth-order valence-electron chi connectivity index (χ4n) is 3.45. The molecule has 0 aromatic carbocycles. The van der Waals surface area contributed by atoms with Gasteiger partial charge in [0, 0.05) is 19.3 Å². The molecule has 4 aromatic heterocycles. The van der Waals surface area contributed by atoms with Crippen LogP contribution in [0.25, 0.3) is 28.8 Å². The van der Waals surface area contributed by atoms with Gasteiger partial charge in [-0.05, 0) is 43.9 Å². The average Bonchev–Trinajstić information content (AvgIpc) is 3.39. The number of hydrogen-bond donors (Lipinski definition) is 0. The van der Waals surface area contributed by atoms with Crippen molar-refractivity contribution in [3.63, 3.8) is 0 Å². The summed E-state index contributed by atoms with van der Waals surface area (Å²) in [5, 5.41) is 13.1. The first-order valence-corrected chi connectivity index (χ1v) is 9.41. The molecule has 0 saturated carbocycles. The van der Waals surface area contributed by atoms with E-state index in [1.807, 2.05) is 19.1 Å². The van der Waals surface area contributed by atoms with E-state index in [0.29, 0.717) is 23.1 Å². The van der Waals surface area contributed by atoms with Crippen molar-refractivity contribution in [1.29, 1.82) is 0 Å². The molecular formula is C19H20N8O. The molecule has 5 heterocycles. The zero-order valence-electron chi connectivity index (χ0n) is 15.8. The van der Waals surface area contributed by atoms with Crippen molar-refractivity contribution in [2.24, 2.45) is 5.92 Å². The second-order valence-electron chi connectivity index (χ2n) is 7.17. The summed E-state index contributed by atoms with van der Waals surface area (Å²) in [7, 11) is 0. The van der Waals surface area contributed by atoms with E-state index in [0.717, 1.165) is 49.2 Å². The predicted molar refractivity (Wildman–Crippen MR) is 103 cm³/mol. The van der Waals surface area contributed by atoms with Gasteiger partial charge in [0.05, 0.1) is 17.7 Å². The summed E-state index contributed by atoms with van der Waals surface area (Å²) in [6.07, 6.45) is 5.69. The molecule has 1 fully saturated rings. The number of furan rings is 1. The lowest BCUT2D eigenvalue weighted by Gasteiger charge is -2.30. The first kappa shape index (κ1) is 16.8. The Balaban J connectivity index is 1.52. The van der Waals surface area contributed by atoms with Gasteiger partial charge < -0.3 is 9.32 Å². The molecule has 1 saturated heterocycles. The number of nitrogens with zero attached hydrogens (tertiary/aromatic N) is 8. The lowest BCUT2D eigenvalue weighted by molar-refractivity contribution is 0.434. The lowest BCUT2D eigenvalue weighted by Crippen LogP contribution is -2.34. The van der Waals surface area contributed by atoms with Crippen LogP contribution in [0.5, 0.6) is 0 Å². The molecule has 1 aliphatic rings. The minimum absolute atomic E-state index is 0.423. The highest BCUT2D eigenvalue weighted by atomic mass is 16.3. The first-order valence-electron chi connectivity index (χ1n) is 9.41. The number of aryl methyl sites for hydroxylation is 1. The minimum atomic E-state index is 0.423. The molecule has 4 aromatic rings. The Morgan fingerprint density at radius 2 is 1.96 bits per heavy atom. The molecule has 0 atom stereocenters. The normalized spacial score (nSPS) is 15.4. The van der Waals surface area contributed by atoms with Crippen LogP contribution in [0, 0.1) is 12.8 Å². The topological polar surface area (TPSA) is 98.1 Å². The summed E-state index contributed by atoms with van der Waals surface area (Å²) in [5.41, 5.74) is 2.20. The maximum Gasteiger partial charge on any atom is 0.272 e. The van der Waals surface area contributed by atoms with E-state index in [1.165, 1.54) is 0 Å². The van der Waals surface area contributed by atoms with Crippen molar-refractivity contribution in [3.05, 3.63) is 36.4 Å². The van der Waals surface area contributed by atoms with E-state index in [-0.39, 0.29) is 0 Å². The van der Waals surface area contributed by atoms with Gasteiger partial charge in [-0.1, -0.05) is 6.92 Å². The quantitative estimate of drug-likeness (QED) is 0.538. The lowest BCUT2D eigenvalue weighted by atomic mass is 10.00. The third kappa shape index (κ3) is 2.88. The zero-order valence-corrected chi connectivity index (χ0v) is 15.8. The van der Waals surface area contributed by atoms with Crippen molar-refractivity contribution in [3.8, 4) is 23.0 Å². The van der Waals surface area contributed by atoms with Crippen molar-refractivity contribution in [2.45, 2.75) is 26.7 Å². The minimum Gasteiger partial charge on any atom is -0.461 e. The molecule has 28 heavy (non-hydrogen) atoms. The number of anilines is 1. The number of rotatable bonds is 3. The van der Waals surface area contributed by atoms with Gasteiger partial charge in [-0.3, -0.25) is 0 Å². The van der Waals surface area contributed by atoms with Crippen LogP contribution >= 0.6 is 0 Å². The monoisotopic (exact) mass is 376 g/mol. The Kier molecular flexibility index (Phi) is 4.00. The molecule has 0 radical (unpaired) electrons. The van der Waals surface area contributed by atoms with Crippen LogP contribution in [0.2, 0.25) is 0 Å². The van der Waals surface area contributed by atoms with Crippen LogP contribution in [0.4, 0.5) is 5.95 Å². The van der Waals surface area contributed by atoms with Gasteiger partial charge in [0.25, 0.3) is 5.78 Å². The molecule has 0 unspecified atom stereocenters. The van der Waals surface area contributed by atoms with Gasteiger partial charge in [-0.25, -0.2) is 9.97 Å². The maximum absolute atomic E-state index is 5.38. The molecule has 0 spiro atoms. The van der Waals surface area contributed by atoms with E-state index in [1.54, 1.807) is 23.0 Å². The molecule has 142 valence electrons. The van der Waals surface area contributed by atoms with Crippen molar-refractivity contribution in [1.82, 2.24) is 34.8 Å². The van der Waals surface area contributed by atoms with Crippen molar-refractivity contribution < 1.29 is 4.42 Å². The van der Waals surface area contributed by atoms with Crippen LogP contribution in [0.3, 0.4) is 0 Å². The predicted octanol–water partition coefficient (Wildman–Crippen LogP) is 2.78. The first-order chi connectivity index (χ1) is 13.7.